The molecule has 21 heavy (non-hydrogen) atoms. The molecule has 0 bridgehead atoms. The molecule has 2 rings (SSSR count). The quantitative estimate of drug-likeness (QED) is 0.616. The van der Waals surface area contributed by atoms with Crippen molar-refractivity contribution in [1.82, 2.24) is 4.31 Å². The predicted octanol–water partition coefficient (Wildman–Crippen LogP) is 1.89. The van der Waals surface area contributed by atoms with Crippen LogP contribution in [0.2, 0.25) is 0 Å². The van der Waals surface area contributed by atoms with Gasteiger partial charge in [-0.2, -0.15) is 4.31 Å². The van der Waals surface area contributed by atoms with Gasteiger partial charge in [0.25, 0.3) is 5.69 Å². The van der Waals surface area contributed by atoms with Crippen LogP contribution >= 0.6 is 28.3 Å². The summed E-state index contributed by atoms with van der Waals surface area (Å²) in [7, 11) is -3.90. The van der Waals surface area contributed by atoms with Crippen molar-refractivity contribution >= 4 is 44.0 Å². The zero-order valence-corrected chi connectivity index (χ0v) is 14.2. The zero-order valence-electron chi connectivity index (χ0n) is 10.9. The van der Waals surface area contributed by atoms with Gasteiger partial charge < -0.3 is 5.73 Å². The highest BCUT2D eigenvalue weighted by molar-refractivity contribution is 9.10. The lowest BCUT2D eigenvalue weighted by Crippen LogP contribution is -2.45. The third-order valence-electron chi connectivity index (χ3n) is 3.16. The van der Waals surface area contributed by atoms with Gasteiger partial charge in [-0.25, -0.2) is 8.42 Å². The van der Waals surface area contributed by atoms with Crippen LogP contribution in [0.25, 0.3) is 0 Å². The molecule has 1 heterocycles. The van der Waals surface area contributed by atoms with Gasteiger partial charge in [0, 0.05) is 29.7 Å². The summed E-state index contributed by atoms with van der Waals surface area (Å²) in [5.74, 6) is 0. The topological polar surface area (TPSA) is 107 Å². The Morgan fingerprint density at radius 2 is 2.10 bits per heavy atom. The SMILES string of the molecule is Cl.NC1CCCN(S(=O)(=O)c2ccc(Br)cc2[N+](=O)[O-])C1. The van der Waals surface area contributed by atoms with Gasteiger partial charge in [0.2, 0.25) is 10.0 Å². The van der Waals surface area contributed by atoms with E-state index in [1.165, 1.54) is 22.5 Å². The van der Waals surface area contributed by atoms with Crippen molar-refractivity contribution in [2.75, 3.05) is 13.1 Å². The minimum Gasteiger partial charge on any atom is -0.327 e. The number of rotatable bonds is 3. The van der Waals surface area contributed by atoms with Crippen LogP contribution in [0.1, 0.15) is 12.8 Å². The number of nitrogens with two attached hydrogens (primary N) is 1. The molecule has 1 saturated heterocycles. The Labute approximate surface area is 137 Å². The number of hydrogen-bond acceptors (Lipinski definition) is 5. The maximum atomic E-state index is 12.5. The standard InChI is InChI=1S/C11H14BrN3O4S.ClH/c12-8-3-4-11(10(6-8)15(16)17)20(18,19)14-5-1-2-9(13)7-14;/h3-4,6,9H,1-2,5,7,13H2;1H. The summed E-state index contributed by atoms with van der Waals surface area (Å²) in [6, 6.07) is 3.69. The lowest BCUT2D eigenvalue weighted by Gasteiger charge is -2.29. The van der Waals surface area contributed by atoms with Gasteiger partial charge >= 0.3 is 0 Å². The number of benzene rings is 1. The minimum atomic E-state index is -3.90. The molecule has 7 nitrogen and oxygen atoms in total. The van der Waals surface area contributed by atoms with Gasteiger partial charge in [-0.3, -0.25) is 10.1 Å². The number of nitrogens with zero attached hydrogens (tertiary/aromatic N) is 2. The molecule has 118 valence electrons. The molecule has 1 aliphatic rings. The molecule has 0 amide bonds. The Hall–Kier alpha value is -0.740. The summed E-state index contributed by atoms with van der Waals surface area (Å²) in [4.78, 5) is 10.1. The second kappa shape index (κ2) is 7.01. The zero-order chi connectivity index (χ0) is 14.9. The van der Waals surface area contributed by atoms with Gasteiger partial charge in [0.05, 0.1) is 4.92 Å². The maximum absolute atomic E-state index is 12.5. The van der Waals surface area contributed by atoms with Crippen LogP contribution < -0.4 is 5.73 Å². The summed E-state index contributed by atoms with van der Waals surface area (Å²) >= 11 is 3.10. The molecule has 0 aliphatic carbocycles. The highest BCUT2D eigenvalue weighted by Gasteiger charge is 2.34. The fraction of sp³-hybridized carbons (Fsp3) is 0.455. The molecule has 0 radical (unpaired) electrons. The van der Waals surface area contributed by atoms with Crippen LogP contribution in [0.4, 0.5) is 5.69 Å². The summed E-state index contributed by atoms with van der Waals surface area (Å²) in [6.07, 6.45) is 1.42. The average molecular weight is 401 g/mol. The van der Waals surface area contributed by atoms with Crippen molar-refractivity contribution < 1.29 is 13.3 Å². The van der Waals surface area contributed by atoms with Crippen LogP contribution in [0.3, 0.4) is 0 Å². The molecule has 1 fully saturated rings. The number of hydrogen-bond donors (Lipinski definition) is 1. The Balaban J connectivity index is 0.00000220. The maximum Gasteiger partial charge on any atom is 0.290 e. The van der Waals surface area contributed by atoms with Gasteiger partial charge in [0.1, 0.15) is 0 Å². The summed E-state index contributed by atoms with van der Waals surface area (Å²) in [5.41, 5.74) is 5.34. The Morgan fingerprint density at radius 1 is 1.43 bits per heavy atom. The van der Waals surface area contributed by atoms with Crippen molar-refractivity contribution in [2.45, 2.75) is 23.8 Å². The lowest BCUT2D eigenvalue weighted by atomic mass is 10.1. The van der Waals surface area contributed by atoms with Crippen LogP contribution in [0.5, 0.6) is 0 Å². The van der Waals surface area contributed by atoms with E-state index in [0.717, 1.165) is 6.42 Å². The van der Waals surface area contributed by atoms with Crippen molar-refractivity contribution in [3.63, 3.8) is 0 Å². The van der Waals surface area contributed by atoms with Crippen molar-refractivity contribution in [1.29, 1.82) is 0 Å². The molecular formula is C11H15BrClN3O4S. The second-order valence-corrected chi connectivity index (χ2v) is 7.46. The molecule has 10 heteroatoms. The number of nitro benzene ring substituents is 1. The first-order chi connectivity index (χ1) is 9.32. The van der Waals surface area contributed by atoms with E-state index in [1.807, 2.05) is 0 Å². The number of sulfonamides is 1. The molecule has 0 spiro atoms. The summed E-state index contributed by atoms with van der Waals surface area (Å²) < 4.78 is 26.7. The van der Waals surface area contributed by atoms with E-state index in [2.05, 4.69) is 15.9 Å². The molecule has 1 atom stereocenters. The van der Waals surface area contributed by atoms with E-state index in [0.29, 0.717) is 17.4 Å². The fourth-order valence-electron chi connectivity index (χ4n) is 2.18. The smallest absolute Gasteiger partial charge is 0.290 e. The van der Waals surface area contributed by atoms with E-state index < -0.39 is 20.6 Å². The van der Waals surface area contributed by atoms with Gasteiger partial charge in [0.15, 0.2) is 4.90 Å². The molecule has 2 N–H and O–H groups in total. The summed E-state index contributed by atoms with van der Waals surface area (Å²) in [6.45, 7) is 0.527. The Morgan fingerprint density at radius 3 is 2.67 bits per heavy atom. The molecule has 0 saturated carbocycles. The van der Waals surface area contributed by atoms with Crippen molar-refractivity contribution in [3.05, 3.63) is 32.8 Å². The highest BCUT2D eigenvalue weighted by Crippen LogP contribution is 2.30. The Kier molecular flexibility index (Phi) is 6.11. The average Bonchev–Trinajstić information content (AvgIpc) is 2.38. The van der Waals surface area contributed by atoms with Gasteiger partial charge in [-0.15, -0.1) is 12.4 Å². The van der Waals surface area contributed by atoms with E-state index in [-0.39, 0.29) is 29.9 Å². The van der Waals surface area contributed by atoms with Crippen LogP contribution in [-0.2, 0) is 10.0 Å². The Bertz CT molecular complexity index is 640. The molecule has 0 aromatic heterocycles. The van der Waals surface area contributed by atoms with E-state index in [4.69, 9.17) is 5.73 Å². The first kappa shape index (κ1) is 18.3. The molecule has 1 unspecified atom stereocenters. The molecule has 1 aromatic carbocycles. The van der Waals surface area contributed by atoms with Crippen LogP contribution in [-0.4, -0.2) is 36.8 Å². The first-order valence-electron chi connectivity index (χ1n) is 6.02. The van der Waals surface area contributed by atoms with Crippen molar-refractivity contribution in [2.24, 2.45) is 5.73 Å². The molecule has 1 aliphatic heterocycles. The number of nitro groups is 1. The third kappa shape index (κ3) is 3.92. The largest absolute Gasteiger partial charge is 0.327 e. The minimum absolute atomic E-state index is 0. The van der Waals surface area contributed by atoms with E-state index in [1.54, 1.807) is 0 Å². The normalized spacial score (nSPS) is 19.8. The monoisotopic (exact) mass is 399 g/mol. The van der Waals surface area contributed by atoms with Gasteiger partial charge in [-0.1, -0.05) is 15.9 Å². The van der Waals surface area contributed by atoms with Crippen LogP contribution in [0.15, 0.2) is 27.6 Å². The van der Waals surface area contributed by atoms with Crippen LogP contribution in [0, 0.1) is 10.1 Å². The first-order valence-corrected chi connectivity index (χ1v) is 8.25. The number of piperidine rings is 1. The highest BCUT2D eigenvalue weighted by atomic mass is 79.9. The summed E-state index contributed by atoms with van der Waals surface area (Å²) in [5, 5.41) is 11.0. The van der Waals surface area contributed by atoms with E-state index in [9.17, 15) is 18.5 Å². The fourth-order valence-corrected chi connectivity index (χ4v) is 4.20. The third-order valence-corrected chi connectivity index (χ3v) is 5.56. The molecular weight excluding hydrogens is 386 g/mol. The number of halogens is 2. The van der Waals surface area contributed by atoms with E-state index >= 15 is 0 Å². The van der Waals surface area contributed by atoms with Gasteiger partial charge in [-0.05, 0) is 25.0 Å². The predicted molar refractivity (Wildman–Crippen MR) is 84.0 cm³/mol. The van der Waals surface area contributed by atoms with Crippen molar-refractivity contribution in [3.8, 4) is 0 Å². The second-order valence-electron chi connectivity index (χ2n) is 4.63. The lowest BCUT2D eigenvalue weighted by molar-refractivity contribution is -0.387. The molecule has 1 aromatic rings.